The second kappa shape index (κ2) is 6.90. The standard InChI is InChI=1S/C12H23ClN2O2/c1-11-10-17-12(8-13)9-15(11)3-2-14-4-6-16-7-5-14/h11-12H,2-10H2,1H3. The van der Waals surface area contributed by atoms with E-state index in [9.17, 15) is 0 Å². The van der Waals surface area contributed by atoms with Crippen LogP contribution in [0.4, 0.5) is 0 Å². The molecular weight excluding hydrogens is 240 g/mol. The van der Waals surface area contributed by atoms with E-state index >= 15 is 0 Å². The van der Waals surface area contributed by atoms with Crippen LogP contribution in [0, 0.1) is 0 Å². The molecule has 0 saturated carbocycles. The molecule has 0 aromatic rings. The molecule has 0 bridgehead atoms. The lowest BCUT2D eigenvalue weighted by Gasteiger charge is -2.38. The number of hydrogen-bond donors (Lipinski definition) is 0. The number of morpholine rings is 2. The first-order valence-electron chi connectivity index (χ1n) is 6.51. The van der Waals surface area contributed by atoms with E-state index in [0.717, 1.165) is 52.5 Å². The highest BCUT2D eigenvalue weighted by atomic mass is 35.5. The summed E-state index contributed by atoms with van der Waals surface area (Å²) in [6, 6.07) is 0.510. The van der Waals surface area contributed by atoms with E-state index in [-0.39, 0.29) is 6.10 Å². The summed E-state index contributed by atoms with van der Waals surface area (Å²) in [5, 5.41) is 0. The zero-order valence-corrected chi connectivity index (χ0v) is 11.4. The highest BCUT2D eigenvalue weighted by Crippen LogP contribution is 2.12. The van der Waals surface area contributed by atoms with E-state index in [4.69, 9.17) is 21.1 Å². The molecule has 2 fully saturated rings. The lowest BCUT2D eigenvalue weighted by molar-refractivity contribution is -0.0527. The van der Waals surface area contributed by atoms with E-state index in [2.05, 4.69) is 16.7 Å². The van der Waals surface area contributed by atoms with E-state index in [0.29, 0.717) is 11.9 Å². The van der Waals surface area contributed by atoms with Gasteiger partial charge in [0.05, 0.1) is 25.9 Å². The Balaban J connectivity index is 1.72. The van der Waals surface area contributed by atoms with E-state index in [1.165, 1.54) is 0 Å². The fourth-order valence-electron chi connectivity index (χ4n) is 2.37. The first kappa shape index (κ1) is 13.6. The van der Waals surface area contributed by atoms with Gasteiger partial charge in [-0.3, -0.25) is 9.80 Å². The van der Waals surface area contributed by atoms with Crippen LogP contribution in [-0.4, -0.2) is 80.4 Å². The Labute approximate surface area is 109 Å². The van der Waals surface area contributed by atoms with E-state index < -0.39 is 0 Å². The maximum absolute atomic E-state index is 5.86. The molecule has 2 aliphatic rings. The molecule has 0 spiro atoms. The first-order valence-corrected chi connectivity index (χ1v) is 7.04. The quantitative estimate of drug-likeness (QED) is 0.695. The highest BCUT2D eigenvalue weighted by Gasteiger charge is 2.25. The van der Waals surface area contributed by atoms with Crippen LogP contribution in [0.15, 0.2) is 0 Å². The Morgan fingerprint density at radius 1 is 1.24 bits per heavy atom. The normalized spacial score (nSPS) is 32.8. The summed E-state index contributed by atoms with van der Waals surface area (Å²) in [4.78, 5) is 4.97. The molecule has 2 saturated heterocycles. The lowest BCUT2D eigenvalue weighted by atomic mass is 10.2. The van der Waals surface area contributed by atoms with Gasteiger partial charge in [-0.1, -0.05) is 0 Å². The summed E-state index contributed by atoms with van der Waals surface area (Å²) in [5.41, 5.74) is 0. The molecule has 0 aromatic carbocycles. The van der Waals surface area contributed by atoms with Gasteiger partial charge in [-0.25, -0.2) is 0 Å². The van der Waals surface area contributed by atoms with Crippen LogP contribution < -0.4 is 0 Å². The summed E-state index contributed by atoms with van der Waals surface area (Å²) in [6.45, 7) is 10.1. The summed E-state index contributed by atoms with van der Waals surface area (Å²) < 4.78 is 11.0. The Kier molecular flexibility index (Phi) is 5.50. The van der Waals surface area contributed by atoms with Gasteiger partial charge in [-0.05, 0) is 6.92 Å². The molecule has 2 unspecified atom stereocenters. The summed E-state index contributed by atoms with van der Waals surface area (Å²) in [6.07, 6.45) is 0.206. The Morgan fingerprint density at radius 3 is 2.71 bits per heavy atom. The largest absolute Gasteiger partial charge is 0.379 e. The van der Waals surface area contributed by atoms with Gasteiger partial charge in [0.15, 0.2) is 0 Å². The average molecular weight is 263 g/mol. The second-order valence-electron chi connectivity index (χ2n) is 4.91. The van der Waals surface area contributed by atoms with Crippen molar-refractivity contribution in [2.75, 3.05) is 58.4 Å². The molecular formula is C12H23ClN2O2. The minimum absolute atomic E-state index is 0.206. The van der Waals surface area contributed by atoms with Crippen LogP contribution in [0.3, 0.4) is 0 Å². The van der Waals surface area contributed by atoms with Crippen molar-refractivity contribution in [2.24, 2.45) is 0 Å². The summed E-state index contributed by atoms with van der Waals surface area (Å²) in [7, 11) is 0. The fourth-order valence-corrected chi connectivity index (χ4v) is 2.56. The van der Waals surface area contributed by atoms with Crippen molar-refractivity contribution < 1.29 is 9.47 Å². The Morgan fingerprint density at radius 2 is 2.00 bits per heavy atom. The number of halogens is 1. The monoisotopic (exact) mass is 262 g/mol. The molecule has 5 heteroatoms. The second-order valence-corrected chi connectivity index (χ2v) is 5.22. The topological polar surface area (TPSA) is 24.9 Å². The van der Waals surface area contributed by atoms with Crippen molar-refractivity contribution in [1.29, 1.82) is 0 Å². The van der Waals surface area contributed by atoms with Gasteiger partial charge in [-0.2, -0.15) is 0 Å². The van der Waals surface area contributed by atoms with Crippen LogP contribution in [0.1, 0.15) is 6.92 Å². The third-order valence-electron chi connectivity index (χ3n) is 3.61. The van der Waals surface area contributed by atoms with E-state index in [1.54, 1.807) is 0 Å². The number of hydrogen-bond acceptors (Lipinski definition) is 4. The molecule has 2 heterocycles. The Bertz CT molecular complexity index is 225. The van der Waals surface area contributed by atoms with E-state index in [1.807, 2.05) is 0 Å². The van der Waals surface area contributed by atoms with Crippen LogP contribution in [0.2, 0.25) is 0 Å². The maximum Gasteiger partial charge on any atom is 0.0837 e. The van der Waals surface area contributed by atoms with Gasteiger partial charge in [0.25, 0.3) is 0 Å². The zero-order valence-electron chi connectivity index (χ0n) is 10.6. The van der Waals surface area contributed by atoms with Crippen LogP contribution in [-0.2, 0) is 9.47 Å². The van der Waals surface area contributed by atoms with Gasteiger partial charge >= 0.3 is 0 Å². The number of nitrogens with zero attached hydrogens (tertiary/aromatic N) is 2. The van der Waals surface area contributed by atoms with Gasteiger partial charge in [0.2, 0.25) is 0 Å². The fraction of sp³-hybridized carbons (Fsp3) is 1.00. The number of rotatable bonds is 4. The highest BCUT2D eigenvalue weighted by molar-refractivity contribution is 6.18. The smallest absolute Gasteiger partial charge is 0.0837 e. The first-order chi connectivity index (χ1) is 8.29. The SMILES string of the molecule is CC1COC(CCl)CN1CCN1CCOCC1. The molecule has 2 aliphatic heterocycles. The molecule has 17 heavy (non-hydrogen) atoms. The van der Waals surface area contributed by atoms with Crippen molar-refractivity contribution >= 4 is 11.6 Å². The predicted octanol–water partition coefficient (Wildman–Crippen LogP) is 0.647. The van der Waals surface area contributed by atoms with Crippen LogP contribution in [0.5, 0.6) is 0 Å². The molecule has 2 atom stereocenters. The van der Waals surface area contributed by atoms with Gasteiger partial charge < -0.3 is 9.47 Å². The van der Waals surface area contributed by atoms with Gasteiger partial charge in [0, 0.05) is 44.6 Å². The predicted molar refractivity (Wildman–Crippen MR) is 68.8 cm³/mol. The minimum atomic E-state index is 0.206. The maximum atomic E-state index is 5.86. The van der Waals surface area contributed by atoms with Crippen molar-refractivity contribution in [1.82, 2.24) is 9.80 Å². The summed E-state index contributed by atoms with van der Waals surface area (Å²) in [5.74, 6) is 0.598. The van der Waals surface area contributed by atoms with Crippen LogP contribution >= 0.6 is 11.6 Å². The minimum Gasteiger partial charge on any atom is -0.379 e. The molecule has 0 aromatic heterocycles. The molecule has 0 amide bonds. The summed E-state index contributed by atoms with van der Waals surface area (Å²) >= 11 is 5.86. The number of ether oxygens (including phenoxy) is 2. The molecule has 0 N–H and O–H groups in total. The molecule has 2 rings (SSSR count). The number of alkyl halides is 1. The van der Waals surface area contributed by atoms with Crippen LogP contribution in [0.25, 0.3) is 0 Å². The molecule has 100 valence electrons. The Hall–Kier alpha value is 0.130. The zero-order chi connectivity index (χ0) is 12.1. The molecule has 0 aliphatic carbocycles. The van der Waals surface area contributed by atoms with Crippen molar-refractivity contribution in [3.8, 4) is 0 Å². The van der Waals surface area contributed by atoms with Crippen molar-refractivity contribution in [3.05, 3.63) is 0 Å². The van der Waals surface area contributed by atoms with Gasteiger partial charge in [-0.15, -0.1) is 11.6 Å². The van der Waals surface area contributed by atoms with Gasteiger partial charge in [0.1, 0.15) is 0 Å². The lowest BCUT2D eigenvalue weighted by Crippen LogP contribution is -2.51. The molecule has 4 nitrogen and oxygen atoms in total. The molecule has 0 radical (unpaired) electrons. The third kappa shape index (κ3) is 4.07. The average Bonchev–Trinajstić information content (AvgIpc) is 2.39. The third-order valence-corrected chi connectivity index (χ3v) is 3.96. The van der Waals surface area contributed by atoms with Crippen molar-refractivity contribution in [2.45, 2.75) is 19.1 Å². The van der Waals surface area contributed by atoms with Crippen molar-refractivity contribution in [3.63, 3.8) is 0 Å².